The minimum absolute atomic E-state index is 0.309. The van der Waals surface area contributed by atoms with Crippen molar-refractivity contribution in [3.8, 4) is 67.4 Å². The van der Waals surface area contributed by atoms with E-state index in [4.69, 9.17) is 13.8 Å². The summed E-state index contributed by atoms with van der Waals surface area (Å²) in [5, 5.41) is 4.74. The molecular formula is C54H32BNO3. The van der Waals surface area contributed by atoms with Gasteiger partial charge in [-0.2, -0.15) is 0 Å². The van der Waals surface area contributed by atoms with Gasteiger partial charge in [0.1, 0.15) is 28.4 Å². The first-order valence-corrected chi connectivity index (χ1v) is 20.1. The minimum Gasteiger partial charge on any atom is -0.551 e. The van der Waals surface area contributed by atoms with Gasteiger partial charge in [0.25, 0.3) is 0 Å². The Morgan fingerprint density at radius 1 is 0.373 bits per heavy atom. The molecule has 0 saturated carbocycles. The fourth-order valence-electron chi connectivity index (χ4n) is 9.57. The van der Waals surface area contributed by atoms with E-state index in [9.17, 15) is 0 Å². The summed E-state index contributed by atoms with van der Waals surface area (Å²) in [6.07, 6.45) is 0. The zero-order valence-electron chi connectivity index (χ0n) is 31.7. The molecule has 0 bridgehead atoms. The highest BCUT2D eigenvalue weighted by molar-refractivity contribution is 6.84. The van der Waals surface area contributed by atoms with E-state index in [1.165, 1.54) is 21.8 Å². The van der Waals surface area contributed by atoms with E-state index in [2.05, 4.69) is 180 Å². The van der Waals surface area contributed by atoms with Gasteiger partial charge in [0.15, 0.2) is 0 Å². The van der Waals surface area contributed by atoms with Crippen LogP contribution in [0.5, 0.6) is 17.2 Å². The molecule has 0 spiro atoms. The Morgan fingerprint density at radius 3 is 1.86 bits per heavy atom. The molecule has 0 saturated heterocycles. The monoisotopic (exact) mass is 753 g/mol. The van der Waals surface area contributed by atoms with Gasteiger partial charge in [-0.05, 0) is 100 Å². The lowest BCUT2D eigenvalue weighted by Crippen LogP contribution is -2.53. The van der Waals surface area contributed by atoms with Crippen molar-refractivity contribution in [3.63, 3.8) is 0 Å². The molecule has 274 valence electrons. The van der Waals surface area contributed by atoms with Gasteiger partial charge in [0.05, 0.1) is 16.7 Å². The van der Waals surface area contributed by atoms with Crippen molar-refractivity contribution in [2.24, 2.45) is 0 Å². The molecule has 59 heavy (non-hydrogen) atoms. The molecule has 2 aromatic heterocycles. The summed E-state index contributed by atoms with van der Waals surface area (Å²) in [4.78, 5) is 0. The predicted octanol–water partition coefficient (Wildman–Crippen LogP) is 13.0. The number of rotatable bonds is 4. The first-order valence-electron chi connectivity index (χ1n) is 20.1. The van der Waals surface area contributed by atoms with Crippen LogP contribution in [0, 0.1) is 0 Å². The summed E-state index contributed by atoms with van der Waals surface area (Å²) in [6.45, 7) is -0.309. The van der Waals surface area contributed by atoms with Gasteiger partial charge in [-0.25, -0.2) is 0 Å². The van der Waals surface area contributed by atoms with E-state index in [0.29, 0.717) is 0 Å². The second-order valence-corrected chi connectivity index (χ2v) is 15.6. The maximum atomic E-state index is 7.03. The highest BCUT2D eigenvalue weighted by Gasteiger charge is 2.41. The number of hydrogen-bond acceptors (Lipinski definition) is 3. The summed E-state index contributed by atoms with van der Waals surface area (Å²) < 4.78 is 22.6. The third-order valence-corrected chi connectivity index (χ3v) is 12.3. The Morgan fingerprint density at radius 2 is 1.02 bits per heavy atom. The third-order valence-electron chi connectivity index (χ3n) is 12.3. The smallest absolute Gasteiger partial charge is 0.434 e. The molecular weight excluding hydrogens is 721 g/mol. The van der Waals surface area contributed by atoms with Crippen LogP contribution < -0.4 is 20.3 Å². The quantitative estimate of drug-likeness (QED) is 0.168. The van der Waals surface area contributed by atoms with Gasteiger partial charge in [-0.15, -0.1) is 0 Å². The van der Waals surface area contributed by atoms with Crippen molar-refractivity contribution in [2.45, 2.75) is 0 Å². The van der Waals surface area contributed by atoms with Crippen molar-refractivity contribution >= 4 is 61.6 Å². The Balaban J connectivity index is 0.938. The fourth-order valence-corrected chi connectivity index (χ4v) is 9.57. The van der Waals surface area contributed by atoms with Crippen LogP contribution in [-0.4, -0.2) is 11.5 Å². The van der Waals surface area contributed by atoms with Gasteiger partial charge in [-0.1, -0.05) is 127 Å². The molecule has 0 aliphatic carbocycles. The molecule has 13 rings (SSSR count). The zero-order chi connectivity index (χ0) is 38.6. The van der Waals surface area contributed by atoms with Crippen LogP contribution in [0.3, 0.4) is 0 Å². The van der Waals surface area contributed by atoms with Gasteiger partial charge >= 0.3 is 6.92 Å². The van der Waals surface area contributed by atoms with Crippen molar-refractivity contribution in [1.29, 1.82) is 0 Å². The predicted molar refractivity (Wildman–Crippen MR) is 242 cm³/mol. The first kappa shape index (κ1) is 32.3. The maximum Gasteiger partial charge on any atom is 0.434 e. The van der Waals surface area contributed by atoms with Crippen molar-refractivity contribution in [3.05, 3.63) is 194 Å². The Bertz CT molecular complexity index is 3490. The van der Waals surface area contributed by atoms with E-state index in [1.54, 1.807) is 0 Å². The maximum absolute atomic E-state index is 7.03. The molecule has 0 unspecified atom stereocenters. The summed E-state index contributed by atoms with van der Waals surface area (Å²) >= 11 is 0. The number of ether oxygens (including phenoxy) is 1. The molecule has 11 aromatic rings. The highest BCUT2D eigenvalue weighted by Crippen LogP contribution is 2.44. The lowest BCUT2D eigenvalue weighted by atomic mass is 9.50. The van der Waals surface area contributed by atoms with Gasteiger partial charge in [0, 0.05) is 43.6 Å². The van der Waals surface area contributed by atoms with Crippen LogP contribution in [0.2, 0.25) is 0 Å². The lowest BCUT2D eigenvalue weighted by Gasteiger charge is -2.33. The third kappa shape index (κ3) is 4.85. The Hall–Kier alpha value is -7.76. The van der Waals surface area contributed by atoms with Gasteiger partial charge in [0.2, 0.25) is 0 Å². The summed E-state index contributed by atoms with van der Waals surface area (Å²) in [5.74, 6) is 2.48. The van der Waals surface area contributed by atoms with Crippen molar-refractivity contribution in [1.82, 2.24) is 4.57 Å². The molecule has 4 nitrogen and oxygen atoms in total. The number of benzene rings is 9. The number of aromatic nitrogens is 1. The largest absolute Gasteiger partial charge is 0.551 e. The van der Waals surface area contributed by atoms with E-state index >= 15 is 0 Å². The number of nitrogens with zero attached hydrogens (tertiary/aromatic N) is 1. The number of furan rings is 1. The van der Waals surface area contributed by atoms with Crippen molar-refractivity contribution in [2.75, 3.05) is 0 Å². The molecule has 0 fully saturated rings. The van der Waals surface area contributed by atoms with E-state index in [-0.39, 0.29) is 6.92 Å². The molecule has 9 aromatic carbocycles. The second-order valence-electron chi connectivity index (χ2n) is 15.6. The van der Waals surface area contributed by atoms with Crippen LogP contribution in [0.1, 0.15) is 0 Å². The van der Waals surface area contributed by atoms with Crippen LogP contribution in [0.4, 0.5) is 0 Å². The first-order chi connectivity index (χ1) is 29.2. The van der Waals surface area contributed by atoms with Crippen molar-refractivity contribution < 1.29 is 13.8 Å². The minimum atomic E-state index is -0.309. The average molecular weight is 754 g/mol. The molecule has 2 aliphatic rings. The van der Waals surface area contributed by atoms with Gasteiger partial charge < -0.3 is 18.4 Å². The molecule has 0 N–H and O–H groups in total. The van der Waals surface area contributed by atoms with Crippen LogP contribution in [0.25, 0.3) is 93.9 Å². The van der Waals surface area contributed by atoms with Gasteiger partial charge in [-0.3, -0.25) is 0 Å². The Labute approximate surface area is 340 Å². The molecule has 2 aliphatic heterocycles. The van der Waals surface area contributed by atoms with E-state index in [1.807, 2.05) is 18.2 Å². The number of hydrogen-bond donors (Lipinski definition) is 0. The van der Waals surface area contributed by atoms with E-state index < -0.39 is 0 Å². The topological polar surface area (TPSA) is 36.5 Å². The van der Waals surface area contributed by atoms with Crippen LogP contribution >= 0.6 is 0 Å². The summed E-state index contributed by atoms with van der Waals surface area (Å²) in [7, 11) is 0. The molecule has 4 heterocycles. The highest BCUT2D eigenvalue weighted by atomic mass is 16.5. The average Bonchev–Trinajstić information content (AvgIpc) is 3.84. The Kier molecular flexibility index (Phi) is 6.78. The second kappa shape index (κ2) is 12.4. The lowest BCUT2D eigenvalue weighted by molar-refractivity contribution is 0.480. The van der Waals surface area contributed by atoms with E-state index in [0.717, 1.165) is 100 Å². The number of para-hydroxylation sites is 5. The molecule has 0 amide bonds. The molecule has 5 heteroatoms. The van der Waals surface area contributed by atoms with Crippen LogP contribution in [0.15, 0.2) is 199 Å². The fraction of sp³-hybridized carbons (Fsp3) is 0. The SMILES string of the molecule is c1cc(-c2cc3c4c(c2)-c2ccccc2OB4c2ccc(-c4ccccc4-n4c5ccccc5c5ccccc54)cc2O3)cc(-c2ccc3c(c2)oc2ccccc23)c1. The molecule has 0 atom stereocenters. The zero-order valence-corrected chi connectivity index (χ0v) is 31.7. The summed E-state index contributed by atoms with van der Waals surface area (Å²) in [5.41, 5.74) is 16.2. The molecule has 0 radical (unpaired) electrons. The normalized spacial score (nSPS) is 12.6. The summed E-state index contributed by atoms with van der Waals surface area (Å²) in [6, 6.07) is 68.9. The van der Waals surface area contributed by atoms with Crippen LogP contribution in [-0.2, 0) is 0 Å². The standard InChI is InChI=1S/C54H32BNO3/c1-6-19-46(56-47-20-7-2-15-39(47)40-16-3-8-21-48(40)56)38(14-1)36-25-27-45-52(31-36)58-53-32-37(29-44-42-18-5-10-23-50(42)59-55(45)54(44)53)34-13-11-12-33(28-34)35-24-26-43-41-17-4-9-22-49(41)57-51(43)30-35/h1-32H. The number of fused-ring (bicyclic) bond motifs is 10.